The van der Waals surface area contributed by atoms with Crippen molar-refractivity contribution in [2.45, 2.75) is 5.92 Å². The van der Waals surface area contributed by atoms with Gasteiger partial charge in [-0.3, -0.25) is 10.1 Å². The summed E-state index contributed by atoms with van der Waals surface area (Å²) in [5, 5.41) is 10.7. The van der Waals surface area contributed by atoms with Crippen LogP contribution >= 0.6 is 0 Å². The third-order valence-electron chi connectivity index (χ3n) is 7.99. The molecule has 1 aliphatic carbocycles. The van der Waals surface area contributed by atoms with E-state index in [9.17, 15) is 14.9 Å². The average Bonchev–Trinajstić information content (AvgIpc) is 3.49. The maximum absolute atomic E-state index is 12.6. The number of likely N-dealkylation sites (N-methyl/N-ethyl adjacent to an activating group) is 1. The molecule has 0 heterocycles. The lowest BCUT2D eigenvalue weighted by Gasteiger charge is -2.19. The van der Waals surface area contributed by atoms with E-state index >= 15 is 0 Å². The molecule has 284 valence electrons. The Kier molecular flexibility index (Phi) is 18.9. The Morgan fingerprint density at radius 3 is 1.44 bits per heavy atom. The first-order chi connectivity index (χ1) is 25.5. The van der Waals surface area contributed by atoms with E-state index in [2.05, 4.69) is 24.3 Å². The molecule has 0 bridgehead atoms. The van der Waals surface area contributed by atoms with Gasteiger partial charge < -0.3 is 47.5 Å². The van der Waals surface area contributed by atoms with Gasteiger partial charge in [-0.15, -0.1) is 0 Å². The molecular formula is C38H50N2O12. The Labute approximate surface area is 304 Å². The number of nitro groups is 1. The molecule has 3 aromatic rings. The Morgan fingerprint density at radius 1 is 0.596 bits per heavy atom. The van der Waals surface area contributed by atoms with Gasteiger partial charge in [-0.1, -0.05) is 48.5 Å². The first-order valence-electron chi connectivity index (χ1n) is 17.5. The highest BCUT2D eigenvalue weighted by molar-refractivity contribution is 5.79. The number of nitrogens with zero attached hydrogens (tertiary/aromatic N) is 2. The summed E-state index contributed by atoms with van der Waals surface area (Å²) in [6.07, 6.45) is -0.372. The zero-order chi connectivity index (χ0) is 36.6. The van der Waals surface area contributed by atoms with E-state index in [1.165, 1.54) is 39.3 Å². The van der Waals surface area contributed by atoms with Crippen molar-refractivity contribution in [2.75, 3.05) is 119 Å². The highest BCUT2D eigenvalue weighted by Crippen LogP contribution is 2.44. The highest BCUT2D eigenvalue weighted by Gasteiger charge is 2.29. The lowest BCUT2D eigenvalue weighted by molar-refractivity contribution is -0.384. The molecule has 1 amide bonds. The molecule has 52 heavy (non-hydrogen) atoms. The Balaban J connectivity index is 0.847. The maximum atomic E-state index is 12.6. The summed E-state index contributed by atoms with van der Waals surface area (Å²) in [5.74, 6) is 0.584. The van der Waals surface area contributed by atoms with Crippen molar-refractivity contribution in [1.29, 1.82) is 0 Å². The van der Waals surface area contributed by atoms with E-state index in [0.29, 0.717) is 118 Å². The van der Waals surface area contributed by atoms with Gasteiger partial charge in [0.15, 0.2) is 0 Å². The Bertz CT molecular complexity index is 1410. The van der Waals surface area contributed by atoms with E-state index in [1.807, 2.05) is 24.3 Å². The van der Waals surface area contributed by atoms with Gasteiger partial charge in [-0.2, -0.15) is 0 Å². The fraction of sp³-hybridized carbons (Fsp3) is 0.500. The second-order valence-corrected chi connectivity index (χ2v) is 11.6. The van der Waals surface area contributed by atoms with Gasteiger partial charge in [0.1, 0.15) is 19.0 Å². The number of ether oxygens (including phenoxy) is 9. The molecule has 0 spiro atoms. The highest BCUT2D eigenvalue weighted by atomic mass is 16.6. The van der Waals surface area contributed by atoms with Crippen LogP contribution < -0.4 is 4.74 Å². The molecule has 0 aromatic heterocycles. The van der Waals surface area contributed by atoms with Crippen LogP contribution in [-0.2, 0) is 37.9 Å². The molecule has 0 N–H and O–H groups in total. The fourth-order valence-electron chi connectivity index (χ4n) is 5.30. The van der Waals surface area contributed by atoms with Gasteiger partial charge in [-0.05, 0) is 34.4 Å². The van der Waals surface area contributed by atoms with Gasteiger partial charge in [0.05, 0.1) is 97.4 Å². The molecule has 0 aliphatic heterocycles. The second-order valence-electron chi connectivity index (χ2n) is 11.6. The van der Waals surface area contributed by atoms with Crippen molar-refractivity contribution >= 4 is 11.8 Å². The molecule has 0 radical (unpaired) electrons. The van der Waals surface area contributed by atoms with Gasteiger partial charge in [0.2, 0.25) is 0 Å². The van der Waals surface area contributed by atoms with Crippen LogP contribution in [0.4, 0.5) is 10.5 Å². The van der Waals surface area contributed by atoms with E-state index < -0.39 is 4.92 Å². The quantitative estimate of drug-likeness (QED) is 0.0566. The Hall–Kier alpha value is -4.15. The maximum Gasteiger partial charge on any atom is 0.409 e. The minimum atomic E-state index is -0.453. The van der Waals surface area contributed by atoms with Gasteiger partial charge >= 0.3 is 6.09 Å². The standard InChI is InChI=1S/C38H50N2O12/c1-39(38(41)52-30-37-35-8-4-2-6-33(35)34-7-3-5-9-36(34)37)14-15-44-16-17-45-18-19-46-20-21-47-22-23-48-24-25-49-26-27-50-28-29-51-32-12-10-31(11-13-32)40(42)43/h2-13,37H,14-30H2,1H3. The van der Waals surface area contributed by atoms with Crippen LogP contribution in [0.3, 0.4) is 0 Å². The third-order valence-corrected chi connectivity index (χ3v) is 7.99. The van der Waals surface area contributed by atoms with Crippen molar-refractivity contribution in [3.8, 4) is 16.9 Å². The smallest absolute Gasteiger partial charge is 0.409 e. The lowest BCUT2D eigenvalue weighted by Crippen LogP contribution is -2.32. The molecule has 1 aliphatic rings. The summed E-state index contributed by atoms with van der Waals surface area (Å²) >= 11 is 0. The molecule has 14 nitrogen and oxygen atoms in total. The fourth-order valence-corrected chi connectivity index (χ4v) is 5.30. The number of non-ortho nitro benzene ring substituents is 1. The number of hydrogen-bond donors (Lipinski definition) is 0. The number of fused-ring (bicyclic) bond motifs is 3. The Morgan fingerprint density at radius 2 is 1.00 bits per heavy atom. The van der Waals surface area contributed by atoms with E-state index in [4.69, 9.17) is 42.6 Å². The minimum Gasteiger partial charge on any atom is -0.491 e. The predicted molar refractivity (Wildman–Crippen MR) is 192 cm³/mol. The number of hydrogen-bond acceptors (Lipinski definition) is 12. The van der Waals surface area contributed by atoms with E-state index in [1.54, 1.807) is 19.2 Å². The molecule has 14 heteroatoms. The van der Waals surface area contributed by atoms with Crippen LogP contribution in [0, 0.1) is 10.1 Å². The summed E-state index contributed by atoms with van der Waals surface area (Å²) in [7, 11) is 1.71. The van der Waals surface area contributed by atoms with Crippen LogP contribution in [0.15, 0.2) is 72.8 Å². The zero-order valence-corrected chi connectivity index (χ0v) is 29.8. The summed E-state index contributed by atoms with van der Waals surface area (Å²) in [4.78, 5) is 24.3. The number of carbonyl (C=O) groups excluding carboxylic acids is 1. The molecule has 0 atom stereocenters. The van der Waals surface area contributed by atoms with Crippen molar-refractivity contribution in [1.82, 2.24) is 4.90 Å². The van der Waals surface area contributed by atoms with Crippen LogP contribution in [0.1, 0.15) is 17.0 Å². The van der Waals surface area contributed by atoms with Gasteiger partial charge in [-0.25, -0.2) is 4.79 Å². The van der Waals surface area contributed by atoms with Crippen molar-refractivity contribution < 1.29 is 52.3 Å². The number of rotatable bonds is 28. The third kappa shape index (κ3) is 14.5. The first-order valence-corrected chi connectivity index (χ1v) is 17.5. The monoisotopic (exact) mass is 726 g/mol. The molecule has 0 unspecified atom stereocenters. The number of carbonyl (C=O) groups is 1. The van der Waals surface area contributed by atoms with Crippen molar-refractivity contribution in [2.24, 2.45) is 0 Å². The molecule has 0 fully saturated rings. The zero-order valence-electron chi connectivity index (χ0n) is 29.8. The van der Waals surface area contributed by atoms with Crippen LogP contribution in [-0.4, -0.2) is 135 Å². The van der Waals surface area contributed by atoms with Crippen LogP contribution in [0.2, 0.25) is 0 Å². The topological polar surface area (TPSA) is 147 Å². The number of nitro benzene ring substituents is 1. The van der Waals surface area contributed by atoms with Gasteiger partial charge in [0.25, 0.3) is 5.69 Å². The number of benzene rings is 3. The molecular weight excluding hydrogens is 676 g/mol. The van der Waals surface area contributed by atoms with Crippen molar-refractivity contribution in [3.05, 3.63) is 94.0 Å². The summed E-state index contributed by atoms with van der Waals surface area (Å²) in [6, 6.07) is 22.4. The first kappa shape index (κ1) is 40.6. The van der Waals surface area contributed by atoms with Crippen LogP contribution in [0.25, 0.3) is 11.1 Å². The second kappa shape index (κ2) is 24.2. The van der Waals surface area contributed by atoms with E-state index in [0.717, 1.165) is 0 Å². The summed E-state index contributed by atoms with van der Waals surface area (Å²) < 4.78 is 49.7. The van der Waals surface area contributed by atoms with Crippen LogP contribution in [0.5, 0.6) is 5.75 Å². The molecule has 0 saturated heterocycles. The summed E-state index contributed by atoms with van der Waals surface area (Å²) in [6.45, 7) is 7.21. The lowest BCUT2D eigenvalue weighted by atomic mass is 9.98. The van der Waals surface area contributed by atoms with Crippen molar-refractivity contribution in [3.63, 3.8) is 0 Å². The SMILES string of the molecule is CN(CCOCCOCCOCCOCCOCCOCCOCCOc1ccc([N+](=O)[O-])cc1)C(=O)OCC1c2ccccc2-c2ccccc21. The minimum absolute atomic E-state index is 0.0220. The van der Waals surface area contributed by atoms with Gasteiger partial charge in [0, 0.05) is 31.6 Å². The molecule has 3 aromatic carbocycles. The number of amides is 1. The largest absolute Gasteiger partial charge is 0.491 e. The van der Waals surface area contributed by atoms with E-state index in [-0.39, 0.29) is 17.7 Å². The molecule has 4 rings (SSSR count). The molecule has 0 saturated carbocycles. The predicted octanol–water partition coefficient (Wildman–Crippen LogP) is 4.97. The average molecular weight is 727 g/mol. The normalized spacial score (nSPS) is 12.0. The summed E-state index contributed by atoms with van der Waals surface area (Å²) in [5.41, 5.74) is 4.80.